The predicted molar refractivity (Wildman–Crippen MR) is 78.1 cm³/mol. The van der Waals surface area contributed by atoms with Crippen molar-refractivity contribution in [3.05, 3.63) is 29.6 Å². The van der Waals surface area contributed by atoms with Crippen LogP contribution in [0.4, 0.5) is 0 Å². The molecule has 0 aliphatic carbocycles. The van der Waals surface area contributed by atoms with Crippen LogP contribution in [0, 0.1) is 5.92 Å². The third-order valence-corrected chi connectivity index (χ3v) is 3.94. The van der Waals surface area contributed by atoms with Crippen molar-refractivity contribution in [2.75, 3.05) is 14.2 Å². The number of hydrogen-bond acceptors (Lipinski definition) is 5. The summed E-state index contributed by atoms with van der Waals surface area (Å²) in [5.41, 5.74) is -0.175. The third-order valence-electron chi connectivity index (χ3n) is 3.94. The molecule has 2 heterocycles. The number of nitrogens with zero attached hydrogens (tertiary/aromatic N) is 3. The van der Waals surface area contributed by atoms with E-state index < -0.39 is 11.5 Å². The number of carbonyl (C=O) groups excluding carboxylic acids is 2. The van der Waals surface area contributed by atoms with Gasteiger partial charge in [-0.3, -0.25) is 14.7 Å². The lowest BCUT2D eigenvalue weighted by Gasteiger charge is -2.23. The van der Waals surface area contributed by atoms with E-state index in [2.05, 4.69) is 9.98 Å². The second kappa shape index (κ2) is 5.27. The van der Waals surface area contributed by atoms with E-state index >= 15 is 0 Å². The second-order valence-corrected chi connectivity index (χ2v) is 5.49. The molecular weight excluding hydrogens is 270 g/mol. The number of aromatic nitrogens is 1. The Morgan fingerprint density at radius 3 is 2.62 bits per heavy atom. The lowest BCUT2D eigenvalue weighted by Crippen LogP contribution is -2.42. The van der Waals surface area contributed by atoms with Crippen LogP contribution >= 0.6 is 0 Å². The Morgan fingerprint density at radius 1 is 1.43 bits per heavy atom. The molecule has 0 radical (unpaired) electrons. The highest BCUT2D eigenvalue weighted by atomic mass is 16.5. The van der Waals surface area contributed by atoms with Crippen molar-refractivity contribution in [1.29, 1.82) is 0 Å². The fraction of sp³-hybridized carbons (Fsp3) is 0.467. The molecule has 0 saturated heterocycles. The number of likely N-dealkylation sites (N-methyl/N-ethyl adjacent to an activating group) is 1. The average Bonchev–Trinajstić information content (AvgIpc) is 2.72. The first kappa shape index (κ1) is 15.2. The number of ether oxygens (including phenoxy) is 1. The van der Waals surface area contributed by atoms with Crippen LogP contribution in [0.25, 0.3) is 0 Å². The van der Waals surface area contributed by atoms with Crippen LogP contribution in [0.5, 0.6) is 0 Å². The summed E-state index contributed by atoms with van der Waals surface area (Å²) in [5, 5.41) is 0. The molecule has 21 heavy (non-hydrogen) atoms. The monoisotopic (exact) mass is 289 g/mol. The van der Waals surface area contributed by atoms with E-state index in [-0.39, 0.29) is 11.8 Å². The molecule has 0 bridgehead atoms. The molecule has 1 aliphatic rings. The Kier molecular flexibility index (Phi) is 3.80. The zero-order valence-electron chi connectivity index (χ0n) is 12.9. The highest BCUT2D eigenvalue weighted by Gasteiger charge is 2.46. The van der Waals surface area contributed by atoms with Crippen LogP contribution in [-0.2, 0) is 9.53 Å². The summed E-state index contributed by atoms with van der Waals surface area (Å²) in [4.78, 5) is 34.5. The van der Waals surface area contributed by atoms with E-state index in [0.29, 0.717) is 17.1 Å². The molecule has 1 atom stereocenters. The van der Waals surface area contributed by atoms with Gasteiger partial charge >= 0.3 is 5.97 Å². The van der Waals surface area contributed by atoms with Gasteiger partial charge in [0.25, 0.3) is 5.91 Å². The quantitative estimate of drug-likeness (QED) is 0.791. The minimum absolute atomic E-state index is 0.0373. The molecule has 6 nitrogen and oxygen atoms in total. The van der Waals surface area contributed by atoms with Crippen molar-refractivity contribution in [3.8, 4) is 0 Å². The molecule has 1 aromatic heterocycles. The maximum absolute atomic E-state index is 12.5. The third kappa shape index (κ3) is 2.30. The number of hydrogen-bond donors (Lipinski definition) is 0. The maximum Gasteiger partial charge on any atom is 0.340 e. The van der Waals surface area contributed by atoms with Gasteiger partial charge in [0.15, 0.2) is 5.84 Å². The molecule has 6 heteroatoms. The standard InChI is InChI=1S/C15H19N3O3/c1-9(2)15(3)14(20)18(4)12(17-15)11-10(13(19)21-5)7-6-8-16-11/h6-9H,1-5H3. The fourth-order valence-electron chi connectivity index (χ4n) is 2.22. The molecule has 0 fully saturated rings. The Morgan fingerprint density at radius 2 is 2.10 bits per heavy atom. The Bertz CT molecular complexity index is 624. The molecule has 1 aliphatic heterocycles. The van der Waals surface area contributed by atoms with Gasteiger partial charge in [0.1, 0.15) is 11.2 Å². The summed E-state index contributed by atoms with van der Waals surface area (Å²) >= 11 is 0. The maximum atomic E-state index is 12.5. The zero-order chi connectivity index (χ0) is 15.8. The Hall–Kier alpha value is -2.24. The van der Waals surface area contributed by atoms with Gasteiger partial charge in [-0.25, -0.2) is 9.79 Å². The Balaban J connectivity index is 2.58. The summed E-state index contributed by atoms with van der Waals surface area (Å²) < 4.78 is 4.76. The van der Waals surface area contributed by atoms with Gasteiger partial charge in [0, 0.05) is 13.2 Å². The van der Waals surface area contributed by atoms with E-state index in [4.69, 9.17) is 4.74 Å². The van der Waals surface area contributed by atoms with Crippen LogP contribution in [-0.4, -0.2) is 47.3 Å². The minimum atomic E-state index is -0.838. The molecule has 112 valence electrons. The predicted octanol–water partition coefficient (Wildman–Crippen LogP) is 1.50. The first-order chi connectivity index (χ1) is 9.82. The molecule has 1 aromatic rings. The fourth-order valence-corrected chi connectivity index (χ4v) is 2.22. The summed E-state index contributed by atoms with van der Waals surface area (Å²) in [6.45, 7) is 5.68. The van der Waals surface area contributed by atoms with E-state index in [1.165, 1.54) is 12.0 Å². The number of methoxy groups -OCH3 is 1. The van der Waals surface area contributed by atoms with Gasteiger partial charge in [-0.05, 0) is 25.0 Å². The summed E-state index contributed by atoms with van der Waals surface area (Å²) in [5.74, 6) is -0.166. The van der Waals surface area contributed by atoms with Crippen molar-refractivity contribution >= 4 is 17.7 Å². The van der Waals surface area contributed by atoms with Gasteiger partial charge in [-0.2, -0.15) is 0 Å². The molecule has 0 aromatic carbocycles. The van der Waals surface area contributed by atoms with Crippen molar-refractivity contribution in [2.24, 2.45) is 10.9 Å². The van der Waals surface area contributed by atoms with Crippen molar-refractivity contribution in [2.45, 2.75) is 26.3 Å². The van der Waals surface area contributed by atoms with Crippen LogP contribution in [0.3, 0.4) is 0 Å². The van der Waals surface area contributed by atoms with Gasteiger partial charge in [0.2, 0.25) is 0 Å². The van der Waals surface area contributed by atoms with Gasteiger partial charge in [-0.1, -0.05) is 13.8 Å². The lowest BCUT2D eigenvalue weighted by atomic mass is 9.89. The van der Waals surface area contributed by atoms with E-state index in [1.807, 2.05) is 13.8 Å². The number of aliphatic imine (C=N–C) groups is 1. The SMILES string of the molecule is COC(=O)c1cccnc1C1=NC(C)(C(C)C)C(=O)N1C. The van der Waals surface area contributed by atoms with Gasteiger partial charge < -0.3 is 4.74 Å². The van der Waals surface area contributed by atoms with Crippen molar-refractivity contribution < 1.29 is 14.3 Å². The first-order valence-electron chi connectivity index (χ1n) is 6.74. The van der Waals surface area contributed by atoms with E-state index in [9.17, 15) is 9.59 Å². The number of amidine groups is 1. The van der Waals surface area contributed by atoms with Gasteiger partial charge in [0.05, 0.1) is 12.7 Å². The normalized spacial score (nSPS) is 21.7. The molecule has 1 unspecified atom stereocenters. The van der Waals surface area contributed by atoms with Crippen LogP contribution in [0.2, 0.25) is 0 Å². The average molecular weight is 289 g/mol. The highest BCUT2D eigenvalue weighted by molar-refractivity contribution is 6.17. The summed E-state index contributed by atoms with van der Waals surface area (Å²) in [6, 6.07) is 3.26. The largest absolute Gasteiger partial charge is 0.465 e. The van der Waals surface area contributed by atoms with Crippen LogP contribution in [0.1, 0.15) is 36.8 Å². The van der Waals surface area contributed by atoms with E-state index in [1.54, 1.807) is 32.3 Å². The number of carbonyl (C=O) groups is 2. The molecule has 1 amide bonds. The molecule has 0 spiro atoms. The smallest absolute Gasteiger partial charge is 0.340 e. The lowest BCUT2D eigenvalue weighted by molar-refractivity contribution is -0.131. The number of amides is 1. The van der Waals surface area contributed by atoms with Crippen molar-refractivity contribution in [3.63, 3.8) is 0 Å². The second-order valence-electron chi connectivity index (χ2n) is 5.49. The Labute approximate surface area is 123 Å². The van der Waals surface area contributed by atoms with Crippen LogP contribution in [0.15, 0.2) is 23.3 Å². The molecule has 0 saturated carbocycles. The zero-order valence-corrected chi connectivity index (χ0v) is 12.9. The van der Waals surface area contributed by atoms with Gasteiger partial charge in [-0.15, -0.1) is 0 Å². The summed E-state index contributed by atoms with van der Waals surface area (Å²) in [7, 11) is 2.95. The van der Waals surface area contributed by atoms with Crippen LogP contribution < -0.4 is 0 Å². The topological polar surface area (TPSA) is 71.9 Å². The van der Waals surface area contributed by atoms with E-state index in [0.717, 1.165) is 0 Å². The number of rotatable bonds is 3. The first-order valence-corrected chi connectivity index (χ1v) is 6.74. The minimum Gasteiger partial charge on any atom is -0.465 e. The molecule has 2 rings (SSSR count). The highest BCUT2D eigenvalue weighted by Crippen LogP contribution is 2.31. The molecule has 0 N–H and O–H groups in total. The van der Waals surface area contributed by atoms with Crippen molar-refractivity contribution in [1.82, 2.24) is 9.88 Å². The number of esters is 1. The molecular formula is C15H19N3O3. The summed E-state index contributed by atoms with van der Waals surface area (Å²) in [6.07, 6.45) is 1.56. The number of pyridine rings is 1.